The van der Waals surface area contributed by atoms with Crippen molar-refractivity contribution >= 4 is 5.57 Å². The largest absolute Gasteiger partial charge is 0.334 e. The van der Waals surface area contributed by atoms with Gasteiger partial charge in [0.15, 0.2) is 0 Å². The summed E-state index contributed by atoms with van der Waals surface area (Å²) in [4.78, 5) is 4.31. The third kappa shape index (κ3) is 3.88. The molecule has 0 aliphatic carbocycles. The zero-order valence-corrected chi connectivity index (χ0v) is 9.95. The number of hydrogen-bond donors (Lipinski definition) is 1. The normalized spacial score (nSPS) is 12.1. The summed E-state index contributed by atoms with van der Waals surface area (Å²) in [5.74, 6) is 1.06. The molecule has 1 rings (SSSR count). The molecule has 84 valence electrons. The molecule has 0 aliphatic heterocycles. The lowest BCUT2D eigenvalue weighted by molar-refractivity contribution is 0.678. The highest BCUT2D eigenvalue weighted by Crippen LogP contribution is 2.10. The predicted octanol–water partition coefficient (Wildman–Crippen LogP) is 2.21. The Kier molecular flexibility index (Phi) is 5.12. The van der Waals surface area contributed by atoms with Crippen LogP contribution in [0.25, 0.3) is 5.57 Å². The van der Waals surface area contributed by atoms with Gasteiger partial charge in [-0.3, -0.25) is 0 Å². The highest BCUT2D eigenvalue weighted by atomic mass is 15.0. The summed E-state index contributed by atoms with van der Waals surface area (Å²) in [6.07, 6.45) is 8.32. The molecule has 0 amide bonds. The van der Waals surface area contributed by atoms with Crippen molar-refractivity contribution in [3.8, 4) is 0 Å². The molecule has 1 heterocycles. The molecule has 1 aromatic rings. The van der Waals surface area contributed by atoms with Gasteiger partial charge in [0, 0.05) is 19.4 Å². The number of aryl methyl sites for hydroxylation is 1. The van der Waals surface area contributed by atoms with Gasteiger partial charge in [-0.05, 0) is 38.4 Å². The second-order valence-corrected chi connectivity index (χ2v) is 3.79. The number of rotatable bonds is 6. The maximum atomic E-state index is 4.31. The molecule has 0 atom stereocenters. The minimum absolute atomic E-state index is 1.05. The predicted molar refractivity (Wildman–Crippen MR) is 64.6 cm³/mol. The fraction of sp³-hybridized carbons (Fsp3) is 0.583. The number of imidazole rings is 1. The molecule has 0 fully saturated rings. The SMILES string of the molecule is CCCNCCC=C(C)c1nccn1C. The first-order valence-electron chi connectivity index (χ1n) is 5.61. The summed E-state index contributed by atoms with van der Waals surface area (Å²) < 4.78 is 2.05. The minimum atomic E-state index is 1.05. The van der Waals surface area contributed by atoms with Crippen LogP contribution in [0.5, 0.6) is 0 Å². The zero-order valence-electron chi connectivity index (χ0n) is 9.95. The lowest BCUT2D eigenvalue weighted by atomic mass is 10.2. The topological polar surface area (TPSA) is 29.9 Å². The highest BCUT2D eigenvalue weighted by Gasteiger charge is 1.99. The van der Waals surface area contributed by atoms with Crippen LogP contribution in [-0.4, -0.2) is 22.6 Å². The van der Waals surface area contributed by atoms with Gasteiger partial charge in [0.2, 0.25) is 0 Å². The van der Waals surface area contributed by atoms with E-state index in [0.29, 0.717) is 0 Å². The van der Waals surface area contributed by atoms with Crippen LogP contribution in [0.3, 0.4) is 0 Å². The number of aromatic nitrogens is 2. The van der Waals surface area contributed by atoms with Crippen LogP contribution in [0.15, 0.2) is 18.5 Å². The molecule has 1 aromatic heterocycles. The summed E-state index contributed by atoms with van der Waals surface area (Å²) in [6, 6.07) is 0. The summed E-state index contributed by atoms with van der Waals surface area (Å²) in [5, 5.41) is 3.38. The molecule has 0 aliphatic rings. The first-order valence-corrected chi connectivity index (χ1v) is 5.61. The van der Waals surface area contributed by atoms with Crippen molar-refractivity contribution in [2.75, 3.05) is 13.1 Å². The van der Waals surface area contributed by atoms with Crippen LogP contribution >= 0.6 is 0 Å². The molecular weight excluding hydrogens is 186 g/mol. The molecule has 0 aromatic carbocycles. The second kappa shape index (κ2) is 6.40. The van der Waals surface area contributed by atoms with E-state index in [-0.39, 0.29) is 0 Å². The Labute approximate surface area is 92.2 Å². The highest BCUT2D eigenvalue weighted by molar-refractivity contribution is 5.57. The maximum Gasteiger partial charge on any atom is 0.134 e. The Hall–Kier alpha value is -1.09. The van der Waals surface area contributed by atoms with Crippen molar-refractivity contribution in [2.24, 2.45) is 7.05 Å². The Balaban J connectivity index is 2.37. The van der Waals surface area contributed by atoms with Gasteiger partial charge in [0.1, 0.15) is 5.82 Å². The van der Waals surface area contributed by atoms with E-state index >= 15 is 0 Å². The summed E-state index contributed by atoms with van der Waals surface area (Å²) in [5.41, 5.74) is 1.25. The van der Waals surface area contributed by atoms with Gasteiger partial charge < -0.3 is 9.88 Å². The third-order valence-electron chi connectivity index (χ3n) is 2.37. The first kappa shape index (κ1) is 12.0. The third-order valence-corrected chi connectivity index (χ3v) is 2.37. The van der Waals surface area contributed by atoms with E-state index in [0.717, 1.165) is 25.3 Å². The zero-order chi connectivity index (χ0) is 11.1. The quantitative estimate of drug-likeness (QED) is 0.725. The smallest absolute Gasteiger partial charge is 0.134 e. The van der Waals surface area contributed by atoms with E-state index in [2.05, 4.69) is 30.2 Å². The number of nitrogens with zero attached hydrogens (tertiary/aromatic N) is 2. The van der Waals surface area contributed by atoms with E-state index < -0.39 is 0 Å². The van der Waals surface area contributed by atoms with E-state index in [9.17, 15) is 0 Å². The van der Waals surface area contributed by atoms with Crippen LogP contribution in [0, 0.1) is 0 Å². The number of hydrogen-bond acceptors (Lipinski definition) is 2. The van der Waals surface area contributed by atoms with Crippen LogP contribution in [0.4, 0.5) is 0 Å². The molecule has 1 N–H and O–H groups in total. The van der Waals surface area contributed by atoms with Gasteiger partial charge >= 0.3 is 0 Å². The van der Waals surface area contributed by atoms with E-state index in [1.807, 2.05) is 24.0 Å². The van der Waals surface area contributed by atoms with Crippen LogP contribution in [-0.2, 0) is 7.05 Å². The van der Waals surface area contributed by atoms with Crippen molar-refractivity contribution < 1.29 is 0 Å². The van der Waals surface area contributed by atoms with Gasteiger partial charge in [-0.2, -0.15) is 0 Å². The lowest BCUT2D eigenvalue weighted by Crippen LogP contribution is -2.15. The maximum absolute atomic E-state index is 4.31. The Morgan fingerprint density at radius 3 is 2.93 bits per heavy atom. The van der Waals surface area contributed by atoms with Gasteiger partial charge in [-0.25, -0.2) is 4.98 Å². The molecule has 0 radical (unpaired) electrons. The van der Waals surface area contributed by atoms with Crippen molar-refractivity contribution in [1.29, 1.82) is 0 Å². The molecule has 3 heteroatoms. The monoisotopic (exact) mass is 207 g/mol. The van der Waals surface area contributed by atoms with Crippen molar-refractivity contribution in [3.63, 3.8) is 0 Å². The standard InChI is InChI=1S/C12H21N3/c1-4-7-13-8-5-6-11(2)12-14-9-10-15(12)3/h6,9-10,13H,4-5,7-8H2,1-3H3. The van der Waals surface area contributed by atoms with E-state index in [1.165, 1.54) is 12.0 Å². The van der Waals surface area contributed by atoms with Crippen molar-refractivity contribution in [3.05, 3.63) is 24.3 Å². The fourth-order valence-electron chi connectivity index (χ4n) is 1.53. The molecule has 0 bridgehead atoms. The molecule has 3 nitrogen and oxygen atoms in total. The molecule has 0 unspecified atom stereocenters. The lowest BCUT2D eigenvalue weighted by Gasteiger charge is -2.02. The van der Waals surface area contributed by atoms with Gasteiger partial charge in [-0.1, -0.05) is 13.0 Å². The average molecular weight is 207 g/mol. The summed E-state index contributed by atoms with van der Waals surface area (Å²) in [6.45, 7) is 6.45. The molecule has 0 saturated heterocycles. The van der Waals surface area contributed by atoms with Gasteiger partial charge in [0.25, 0.3) is 0 Å². The van der Waals surface area contributed by atoms with Crippen molar-refractivity contribution in [2.45, 2.75) is 26.7 Å². The molecule has 15 heavy (non-hydrogen) atoms. The minimum Gasteiger partial charge on any atom is -0.334 e. The molecule has 0 saturated carbocycles. The van der Waals surface area contributed by atoms with Gasteiger partial charge in [0.05, 0.1) is 0 Å². The van der Waals surface area contributed by atoms with Crippen LogP contribution < -0.4 is 5.32 Å². The second-order valence-electron chi connectivity index (χ2n) is 3.79. The fourth-order valence-corrected chi connectivity index (χ4v) is 1.53. The van der Waals surface area contributed by atoms with Crippen LogP contribution in [0.1, 0.15) is 32.5 Å². The Morgan fingerprint density at radius 1 is 1.53 bits per heavy atom. The van der Waals surface area contributed by atoms with E-state index in [4.69, 9.17) is 0 Å². The summed E-state index contributed by atoms with van der Waals surface area (Å²) >= 11 is 0. The van der Waals surface area contributed by atoms with E-state index in [1.54, 1.807) is 0 Å². The number of allylic oxidation sites excluding steroid dienone is 1. The number of nitrogens with one attached hydrogen (secondary N) is 1. The Morgan fingerprint density at radius 2 is 2.33 bits per heavy atom. The summed E-state index contributed by atoms with van der Waals surface area (Å²) in [7, 11) is 2.02. The van der Waals surface area contributed by atoms with Gasteiger partial charge in [-0.15, -0.1) is 0 Å². The Bertz CT molecular complexity index is 312. The molecule has 0 spiro atoms. The first-order chi connectivity index (χ1) is 7.25. The van der Waals surface area contributed by atoms with Crippen molar-refractivity contribution in [1.82, 2.24) is 14.9 Å². The molecular formula is C12H21N3. The van der Waals surface area contributed by atoms with Crippen LogP contribution in [0.2, 0.25) is 0 Å². The average Bonchev–Trinajstić information content (AvgIpc) is 2.64.